The predicted octanol–water partition coefficient (Wildman–Crippen LogP) is 4.09. The molecule has 2 unspecified atom stereocenters. The third kappa shape index (κ3) is 10.2. The molecule has 0 aromatic rings. The van der Waals surface area contributed by atoms with Crippen molar-refractivity contribution in [1.82, 2.24) is 0 Å². The van der Waals surface area contributed by atoms with E-state index >= 15 is 0 Å². The maximum atomic E-state index is 11.4. The molecular formula is C18H36O4. The van der Waals surface area contributed by atoms with Crippen molar-refractivity contribution in [2.45, 2.75) is 90.8 Å². The number of carbonyl (C=O) groups is 1. The Hall–Kier alpha value is -0.610. The standard InChI is InChI=1S/C18H36O4/c1-5-6-7-8-9-10-11-12-13-14-22-17(15(2)3)16(19)18(20)21-4/h15-17,19H,5-14H2,1-4H3. The van der Waals surface area contributed by atoms with Crippen molar-refractivity contribution in [1.29, 1.82) is 0 Å². The summed E-state index contributed by atoms with van der Waals surface area (Å²) in [5.74, 6) is -0.543. The summed E-state index contributed by atoms with van der Waals surface area (Å²) in [6, 6.07) is 0. The number of esters is 1. The van der Waals surface area contributed by atoms with E-state index in [-0.39, 0.29) is 5.92 Å². The monoisotopic (exact) mass is 316 g/mol. The van der Waals surface area contributed by atoms with Crippen molar-refractivity contribution < 1.29 is 19.4 Å². The highest BCUT2D eigenvalue weighted by Gasteiger charge is 2.30. The topological polar surface area (TPSA) is 55.8 Å². The lowest BCUT2D eigenvalue weighted by molar-refractivity contribution is -0.162. The Labute approximate surface area is 136 Å². The highest BCUT2D eigenvalue weighted by Crippen LogP contribution is 2.14. The summed E-state index contributed by atoms with van der Waals surface area (Å²) in [5.41, 5.74) is 0. The number of methoxy groups -OCH3 is 1. The molecule has 0 saturated heterocycles. The number of ether oxygens (including phenoxy) is 2. The zero-order chi connectivity index (χ0) is 16.8. The van der Waals surface area contributed by atoms with Crippen LogP contribution in [0.2, 0.25) is 0 Å². The number of aliphatic hydroxyl groups excluding tert-OH is 1. The van der Waals surface area contributed by atoms with Crippen molar-refractivity contribution in [3.8, 4) is 0 Å². The Bertz CT molecular complexity index is 266. The number of hydrogen-bond acceptors (Lipinski definition) is 4. The average Bonchev–Trinajstić information content (AvgIpc) is 2.51. The van der Waals surface area contributed by atoms with Gasteiger partial charge >= 0.3 is 5.97 Å². The maximum Gasteiger partial charge on any atom is 0.337 e. The molecule has 4 heteroatoms. The van der Waals surface area contributed by atoms with E-state index < -0.39 is 18.2 Å². The Morgan fingerprint density at radius 3 is 1.91 bits per heavy atom. The minimum Gasteiger partial charge on any atom is -0.467 e. The number of hydrogen-bond donors (Lipinski definition) is 1. The van der Waals surface area contributed by atoms with Crippen molar-refractivity contribution in [2.75, 3.05) is 13.7 Å². The first-order chi connectivity index (χ1) is 10.5. The van der Waals surface area contributed by atoms with Crippen LogP contribution in [0.15, 0.2) is 0 Å². The fraction of sp³-hybridized carbons (Fsp3) is 0.944. The van der Waals surface area contributed by atoms with E-state index in [4.69, 9.17) is 4.74 Å². The number of rotatable bonds is 14. The fourth-order valence-corrected chi connectivity index (χ4v) is 2.54. The number of unbranched alkanes of at least 4 members (excludes halogenated alkanes) is 8. The molecular weight excluding hydrogens is 280 g/mol. The van der Waals surface area contributed by atoms with Crippen LogP contribution in [0.25, 0.3) is 0 Å². The third-order valence-corrected chi connectivity index (χ3v) is 3.97. The molecule has 0 aliphatic carbocycles. The molecule has 0 bridgehead atoms. The lowest BCUT2D eigenvalue weighted by Gasteiger charge is -2.25. The molecule has 0 spiro atoms. The van der Waals surface area contributed by atoms with E-state index in [1.54, 1.807) is 0 Å². The van der Waals surface area contributed by atoms with Gasteiger partial charge in [-0.05, 0) is 12.3 Å². The van der Waals surface area contributed by atoms with Crippen LogP contribution in [0, 0.1) is 5.92 Å². The van der Waals surface area contributed by atoms with Crippen LogP contribution in [0.1, 0.15) is 78.6 Å². The second-order valence-electron chi connectivity index (χ2n) is 6.38. The minimum atomic E-state index is -1.19. The van der Waals surface area contributed by atoms with Gasteiger partial charge in [0.05, 0.1) is 13.2 Å². The first-order valence-corrected chi connectivity index (χ1v) is 8.92. The number of carbonyl (C=O) groups excluding carboxylic acids is 1. The molecule has 0 rings (SSSR count). The van der Waals surface area contributed by atoms with Gasteiger partial charge in [0.25, 0.3) is 0 Å². The molecule has 0 saturated carbocycles. The molecule has 0 heterocycles. The maximum absolute atomic E-state index is 11.4. The Morgan fingerprint density at radius 2 is 1.45 bits per heavy atom. The zero-order valence-corrected chi connectivity index (χ0v) is 15.0. The van der Waals surface area contributed by atoms with Gasteiger partial charge in [0.15, 0.2) is 6.10 Å². The van der Waals surface area contributed by atoms with Crippen molar-refractivity contribution in [3.63, 3.8) is 0 Å². The SMILES string of the molecule is CCCCCCCCCCCOC(C(C)C)C(O)C(=O)OC. The van der Waals surface area contributed by atoms with Crippen molar-refractivity contribution in [2.24, 2.45) is 5.92 Å². The molecule has 0 aliphatic rings. The molecule has 132 valence electrons. The van der Waals surface area contributed by atoms with Gasteiger partial charge in [-0.3, -0.25) is 0 Å². The van der Waals surface area contributed by atoms with Crippen molar-refractivity contribution >= 4 is 5.97 Å². The van der Waals surface area contributed by atoms with Gasteiger partial charge < -0.3 is 14.6 Å². The van der Waals surface area contributed by atoms with E-state index in [0.29, 0.717) is 6.61 Å². The minimum absolute atomic E-state index is 0.0765. The van der Waals surface area contributed by atoms with E-state index in [2.05, 4.69) is 11.7 Å². The first kappa shape index (κ1) is 21.4. The summed E-state index contributed by atoms with van der Waals surface area (Å²) in [6.07, 6.45) is 9.68. The van der Waals surface area contributed by atoms with Crippen molar-refractivity contribution in [3.05, 3.63) is 0 Å². The molecule has 1 N–H and O–H groups in total. The van der Waals surface area contributed by atoms with E-state index in [1.165, 1.54) is 52.1 Å². The molecule has 0 aliphatic heterocycles. The number of aliphatic hydroxyl groups is 1. The van der Waals surface area contributed by atoms with Gasteiger partial charge in [-0.1, -0.05) is 72.1 Å². The molecule has 0 fully saturated rings. The van der Waals surface area contributed by atoms with Crippen LogP contribution in [-0.2, 0) is 14.3 Å². The highest BCUT2D eigenvalue weighted by atomic mass is 16.6. The highest BCUT2D eigenvalue weighted by molar-refractivity contribution is 5.74. The quantitative estimate of drug-likeness (QED) is 0.387. The van der Waals surface area contributed by atoms with E-state index in [0.717, 1.165) is 12.8 Å². The van der Waals surface area contributed by atoms with E-state index in [1.807, 2.05) is 13.8 Å². The van der Waals surface area contributed by atoms with E-state index in [9.17, 15) is 9.90 Å². The third-order valence-electron chi connectivity index (χ3n) is 3.97. The lowest BCUT2D eigenvalue weighted by Crippen LogP contribution is -2.40. The molecule has 2 atom stereocenters. The van der Waals surface area contributed by atoms with Gasteiger partial charge in [0.1, 0.15) is 0 Å². The summed E-state index contributed by atoms with van der Waals surface area (Å²) in [7, 11) is 1.28. The van der Waals surface area contributed by atoms with Gasteiger partial charge in [-0.2, -0.15) is 0 Å². The Balaban J connectivity index is 3.67. The normalized spacial score (nSPS) is 14.1. The average molecular weight is 316 g/mol. The second-order valence-corrected chi connectivity index (χ2v) is 6.38. The summed E-state index contributed by atoms with van der Waals surface area (Å²) in [6.45, 7) is 6.70. The van der Waals surface area contributed by atoms with Gasteiger partial charge in [-0.25, -0.2) is 4.79 Å². The summed E-state index contributed by atoms with van der Waals surface area (Å²) in [5, 5.41) is 9.89. The second kappa shape index (κ2) is 14.0. The van der Waals surface area contributed by atoms with Crippen LogP contribution < -0.4 is 0 Å². The van der Waals surface area contributed by atoms with Gasteiger partial charge in [0, 0.05) is 6.61 Å². The molecule has 0 aromatic carbocycles. The predicted molar refractivity (Wildman–Crippen MR) is 89.8 cm³/mol. The van der Waals surface area contributed by atoms with Crippen LogP contribution >= 0.6 is 0 Å². The smallest absolute Gasteiger partial charge is 0.337 e. The first-order valence-electron chi connectivity index (χ1n) is 8.92. The Morgan fingerprint density at radius 1 is 0.955 bits per heavy atom. The molecule has 0 aromatic heterocycles. The zero-order valence-electron chi connectivity index (χ0n) is 15.0. The van der Waals surface area contributed by atoms with Crippen LogP contribution in [-0.4, -0.2) is 37.0 Å². The molecule has 0 radical (unpaired) electrons. The summed E-state index contributed by atoms with van der Waals surface area (Å²) >= 11 is 0. The lowest BCUT2D eigenvalue weighted by atomic mass is 10.0. The summed E-state index contributed by atoms with van der Waals surface area (Å²) < 4.78 is 10.3. The van der Waals surface area contributed by atoms with Crippen LogP contribution in [0.3, 0.4) is 0 Å². The van der Waals surface area contributed by atoms with Crippen LogP contribution in [0.4, 0.5) is 0 Å². The molecule has 22 heavy (non-hydrogen) atoms. The largest absolute Gasteiger partial charge is 0.467 e. The summed E-state index contributed by atoms with van der Waals surface area (Å²) in [4.78, 5) is 11.4. The molecule has 0 amide bonds. The van der Waals surface area contributed by atoms with Gasteiger partial charge in [0.2, 0.25) is 0 Å². The van der Waals surface area contributed by atoms with Crippen LogP contribution in [0.5, 0.6) is 0 Å². The van der Waals surface area contributed by atoms with Gasteiger partial charge in [-0.15, -0.1) is 0 Å². The Kier molecular flexibility index (Phi) is 13.6. The fourth-order valence-electron chi connectivity index (χ4n) is 2.54. The molecule has 4 nitrogen and oxygen atoms in total.